The lowest BCUT2D eigenvalue weighted by molar-refractivity contribution is 0.0904. The summed E-state index contributed by atoms with van der Waals surface area (Å²) < 4.78 is 1.93. The van der Waals surface area contributed by atoms with Gasteiger partial charge in [-0.15, -0.1) is 11.3 Å². The number of hydrogen-bond donors (Lipinski definition) is 0. The van der Waals surface area contributed by atoms with Crippen molar-refractivity contribution in [1.29, 1.82) is 0 Å². The van der Waals surface area contributed by atoms with Crippen LogP contribution in [0.25, 0.3) is 0 Å². The maximum atomic E-state index is 12.3. The molecule has 0 N–H and O–H groups in total. The van der Waals surface area contributed by atoms with E-state index in [-0.39, 0.29) is 5.78 Å². The van der Waals surface area contributed by atoms with Crippen LogP contribution in [0.1, 0.15) is 37.0 Å². The molecule has 1 atom stereocenters. The van der Waals surface area contributed by atoms with Crippen molar-refractivity contribution >= 4 is 49.0 Å². The molecule has 2 heterocycles. The first-order chi connectivity index (χ1) is 8.49. The molecule has 1 unspecified atom stereocenters. The summed E-state index contributed by atoms with van der Waals surface area (Å²) in [6, 6.07) is 2.48. The first kappa shape index (κ1) is 14.7. The predicted octanol–water partition coefficient (Wildman–Crippen LogP) is 4.58. The molecule has 0 radical (unpaired) electrons. The topological polar surface area (TPSA) is 20.3 Å². The smallest absolute Gasteiger partial charge is 0.178 e. The fourth-order valence-electron chi connectivity index (χ4n) is 2.60. The van der Waals surface area contributed by atoms with Crippen LogP contribution in [0, 0.1) is 5.92 Å². The fraction of sp³-hybridized carbons (Fsp3) is 0.615. The summed E-state index contributed by atoms with van der Waals surface area (Å²) in [6.45, 7) is 6.08. The summed E-state index contributed by atoms with van der Waals surface area (Å²) in [5, 5.41) is 0. The van der Waals surface area contributed by atoms with Crippen molar-refractivity contribution in [2.45, 2.75) is 32.7 Å². The van der Waals surface area contributed by atoms with Gasteiger partial charge in [-0.1, -0.05) is 13.8 Å². The molecule has 100 valence electrons. The molecule has 0 aliphatic carbocycles. The normalized spacial score (nSPS) is 20.8. The van der Waals surface area contributed by atoms with E-state index in [4.69, 9.17) is 0 Å². The van der Waals surface area contributed by atoms with Crippen LogP contribution >= 0.6 is 43.2 Å². The highest BCUT2D eigenvalue weighted by Gasteiger charge is 2.29. The van der Waals surface area contributed by atoms with E-state index in [1.54, 1.807) is 11.3 Å². The Morgan fingerprint density at radius 3 is 2.83 bits per heavy atom. The second kappa shape index (κ2) is 6.16. The molecule has 1 aliphatic rings. The second-order valence-corrected chi connectivity index (χ2v) is 8.83. The summed E-state index contributed by atoms with van der Waals surface area (Å²) >= 11 is 8.44. The standard InChI is InChI=1S/C13H17Br2NOS/c1-8(2)10-4-3-5-16(10)7-11(17)9-6-12(14)18-13(9)15/h6,8,10H,3-5,7H2,1-2H3. The average molecular weight is 395 g/mol. The molecule has 1 saturated heterocycles. The third-order valence-corrected chi connectivity index (χ3v) is 5.83. The summed E-state index contributed by atoms with van der Waals surface area (Å²) in [4.78, 5) is 14.7. The van der Waals surface area contributed by atoms with E-state index < -0.39 is 0 Å². The molecule has 0 aromatic carbocycles. The van der Waals surface area contributed by atoms with E-state index in [1.165, 1.54) is 12.8 Å². The number of nitrogens with zero attached hydrogens (tertiary/aromatic N) is 1. The molecule has 0 bridgehead atoms. The van der Waals surface area contributed by atoms with E-state index in [9.17, 15) is 4.79 Å². The van der Waals surface area contributed by atoms with Crippen LogP contribution in [-0.2, 0) is 0 Å². The van der Waals surface area contributed by atoms with Crippen molar-refractivity contribution in [2.75, 3.05) is 13.1 Å². The van der Waals surface area contributed by atoms with Gasteiger partial charge in [0.25, 0.3) is 0 Å². The summed E-state index contributed by atoms with van der Waals surface area (Å²) in [5.41, 5.74) is 0.807. The van der Waals surface area contributed by atoms with Crippen molar-refractivity contribution in [3.05, 3.63) is 19.2 Å². The Kier molecular flexibility index (Phi) is 5.03. The van der Waals surface area contributed by atoms with Gasteiger partial charge in [-0.2, -0.15) is 0 Å². The summed E-state index contributed by atoms with van der Waals surface area (Å²) in [6.07, 6.45) is 2.43. The zero-order valence-electron chi connectivity index (χ0n) is 10.6. The molecular formula is C13H17Br2NOS. The van der Waals surface area contributed by atoms with Gasteiger partial charge >= 0.3 is 0 Å². The molecule has 1 aromatic rings. The Morgan fingerprint density at radius 2 is 2.28 bits per heavy atom. The SMILES string of the molecule is CC(C)C1CCCN1CC(=O)c1cc(Br)sc1Br. The van der Waals surface area contributed by atoms with Gasteiger partial charge in [-0.3, -0.25) is 9.69 Å². The van der Waals surface area contributed by atoms with Crippen LogP contribution in [-0.4, -0.2) is 29.8 Å². The highest BCUT2D eigenvalue weighted by Crippen LogP contribution is 2.33. The average Bonchev–Trinajstić information content (AvgIpc) is 2.85. The molecule has 0 amide bonds. The number of hydrogen-bond acceptors (Lipinski definition) is 3. The van der Waals surface area contributed by atoms with Crippen LogP contribution in [0.3, 0.4) is 0 Å². The number of carbonyl (C=O) groups excluding carboxylic acids is 1. The molecule has 0 spiro atoms. The van der Waals surface area contributed by atoms with Gasteiger partial charge in [0.05, 0.1) is 14.1 Å². The van der Waals surface area contributed by atoms with Gasteiger partial charge < -0.3 is 0 Å². The summed E-state index contributed by atoms with van der Waals surface area (Å²) in [5.74, 6) is 0.842. The minimum atomic E-state index is 0.219. The van der Waals surface area contributed by atoms with Crippen LogP contribution < -0.4 is 0 Å². The minimum Gasteiger partial charge on any atom is -0.293 e. The Hall–Kier alpha value is 0.290. The lowest BCUT2D eigenvalue weighted by Crippen LogP contribution is -2.37. The largest absolute Gasteiger partial charge is 0.293 e. The lowest BCUT2D eigenvalue weighted by atomic mass is 10.0. The van der Waals surface area contributed by atoms with Crippen molar-refractivity contribution in [3.63, 3.8) is 0 Å². The number of rotatable bonds is 4. The Bertz CT molecular complexity index is 444. The van der Waals surface area contributed by atoms with E-state index >= 15 is 0 Å². The molecule has 2 rings (SSSR count). The molecule has 1 aromatic heterocycles. The van der Waals surface area contributed by atoms with E-state index in [1.807, 2.05) is 6.07 Å². The van der Waals surface area contributed by atoms with Gasteiger partial charge in [0, 0.05) is 11.6 Å². The van der Waals surface area contributed by atoms with Crippen molar-refractivity contribution in [3.8, 4) is 0 Å². The molecule has 5 heteroatoms. The fourth-order valence-corrected chi connectivity index (χ4v) is 5.46. The lowest BCUT2D eigenvalue weighted by Gasteiger charge is -2.26. The van der Waals surface area contributed by atoms with Gasteiger partial charge in [0.15, 0.2) is 5.78 Å². The predicted molar refractivity (Wildman–Crippen MR) is 83.5 cm³/mol. The number of likely N-dealkylation sites (tertiary alicyclic amines) is 1. The molecule has 1 fully saturated rings. The molecule has 2 nitrogen and oxygen atoms in total. The van der Waals surface area contributed by atoms with Gasteiger partial charge in [0.2, 0.25) is 0 Å². The number of thiophene rings is 1. The molecule has 0 saturated carbocycles. The number of carbonyl (C=O) groups is 1. The first-order valence-electron chi connectivity index (χ1n) is 6.21. The van der Waals surface area contributed by atoms with Gasteiger partial charge in [-0.05, 0) is 63.2 Å². The van der Waals surface area contributed by atoms with E-state index in [0.717, 1.165) is 19.7 Å². The zero-order chi connectivity index (χ0) is 13.3. The van der Waals surface area contributed by atoms with Crippen LogP contribution in [0.2, 0.25) is 0 Å². The highest BCUT2D eigenvalue weighted by molar-refractivity contribution is 9.12. The van der Waals surface area contributed by atoms with Crippen molar-refractivity contribution in [1.82, 2.24) is 4.90 Å². The second-order valence-electron chi connectivity index (χ2n) is 5.09. The maximum absolute atomic E-state index is 12.3. The van der Waals surface area contributed by atoms with Crippen LogP contribution in [0.5, 0.6) is 0 Å². The zero-order valence-corrected chi connectivity index (χ0v) is 14.6. The van der Waals surface area contributed by atoms with Crippen molar-refractivity contribution < 1.29 is 4.79 Å². The van der Waals surface area contributed by atoms with Crippen LogP contribution in [0.4, 0.5) is 0 Å². The minimum absolute atomic E-state index is 0.219. The molecular weight excluding hydrogens is 378 g/mol. The Balaban J connectivity index is 2.05. The monoisotopic (exact) mass is 393 g/mol. The van der Waals surface area contributed by atoms with Gasteiger partial charge in [0.1, 0.15) is 0 Å². The number of Topliss-reactive ketones (excluding diaryl/α,β-unsaturated/α-hetero) is 1. The Morgan fingerprint density at radius 1 is 1.56 bits per heavy atom. The number of ketones is 1. The van der Waals surface area contributed by atoms with Crippen LogP contribution in [0.15, 0.2) is 13.6 Å². The first-order valence-corrected chi connectivity index (χ1v) is 8.61. The van der Waals surface area contributed by atoms with E-state index in [2.05, 4.69) is 50.6 Å². The summed E-state index contributed by atoms with van der Waals surface area (Å²) in [7, 11) is 0. The third-order valence-electron chi connectivity index (χ3n) is 3.49. The highest BCUT2D eigenvalue weighted by atomic mass is 79.9. The molecule has 18 heavy (non-hydrogen) atoms. The molecule has 1 aliphatic heterocycles. The Labute approximate surface area is 129 Å². The van der Waals surface area contributed by atoms with Gasteiger partial charge in [-0.25, -0.2) is 0 Å². The quantitative estimate of drug-likeness (QED) is 0.696. The maximum Gasteiger partial charge on any atom is 0.178 e. The number of halogens is 2. The van der Waals surface area contributed by atoms with E-state index in [0.29, 0.717) is 18.5 Å². The van der Waals surface area contributed by atoms with Crippen molar-refractivity contribution in [2.24, 2.45) is 5.92 Å². The third kappa shape index (κ3) is 3.24.